The van der Waals surface area contributed by atoms with Crippen LogP contribution in [-0.2, 0) is 27.4 Å². The number of amides is 1. The van der Waals surface area contributed by atoms with Crippen LogP contribution in [0.4, 0.5) is 0 Å². The van der Waals surface area contributed by atoms with Crippen LogP contribution in [0.3, 0.4) is 0 Å². The Balaban J connectivity index is 2.20. The van der Waals surface area contributed by atoms with E-state index in [1.165, 1.54) is 7.11 Å². The summed E-state index contributed by atoms with van der Waals surface area (Å²) >= 11 is 0. The molecule has 0 aromatic heterocycles. The molecule has 2 N–H and O–H groups in total. The second-order valence-electron chi connectivity index (χ2n) is 8.69. The van der Waals surface area contributed by atoms with Gasteiger partial charge in [0.15, 0.2) is 0 Å². The van der Waals surface area contributed by atoms with Crippen molar-refractivity contribution in [3.8, 4) is 5.75 Å². The maximum absolute atomic E-state index is 12.0. The maximum Gasteiger partial charge on any atom is 0.305 e. The first kappa shape index (κ1) is 21.4. The van der Waals surface area contributed by atoms with Gasteiger partial charge in [-0.1, -0.05) is 32.9 Å². The molecule has 1 heterocycles. The minimum atomic E-state index is -1.97. The Labute approximate surface area is 163 Å². The van der Waals surface area contributed by atoms with Crippen molar-refractivity contribution >= 4 is 20.2 Å². The summed E-state index contributed by atoms with van der Waals surface area (Å²) in [7, 11) is -0.621. The molecule has 0 unspecified atom stereocenters. The number of benzene rings is 1. The lowest BCUT2D eigenvalue weighted by Gasteiger charge is -2.37. The molecule has 27 heavy (non-hydrogen) atoms. The molecule has 6 nitrogen and oxygen atoms in total. The summed E-state index contributed by atoms with van der Waals surface area (Å²) < 4.78 is 11.2. The topological polar surface area (TPSA) is 81.9 Å². The highest BCUT2D eigenvalue weighted by atomic mass is 28.4. The molecule has 0 bridgehead atoms. The van der Waals surface area contributed by atoms with Crippen LogP contribution in [0.25, 0.3) is 0 Å². The van der Waals surface area contributed by atoms with Crippen molar-refractivity contribution in [3.63, 3.8) is 0 Å². The Morgan fingerprint density at radius 1 is 1.26 bits per heavy atom. The molecule has 0 aliphatic carbocycles. The van der Waals surface area contributed by atoms with Gasteiger partial charge in [-0.15, -0.1) is 0 Å². The summed E-state index contributed by atoms with van der Waals surface area (Å²) in [6.45, 7) is 12.3. The fraction of sp³-hybridized carbons (Fsp3) is 0.600. The second kappa shape index (κ2) is 8.02. The van der Waals surface area contributed by atoms with E-state index in [-0.39, 0.29) is 17.4 Å². The lowest BCUT2D eigenvalue weighted by molar-refractivity contribution is -0.141. The van der Waals surface area contributed by atoms with E-state index in [2.05, 4.69) is 44.7 Å². The van der Waals surface area contributed by atoms with E-state index in [1.807, 2.05) is 17.0 Å². The van der Waals surface area contributed by atoms with E-state index in [0.29, 0.717) is 19.5 Å². The summed E-state index contributed by atoms with van der Waals surface area (Å²) in [5, 5.41) is 0.101. The van der Waals surface area contributed by atoms with Gasteiger partial charge in [0.2, 0.25) is 14.2 Å². The lowest BCUT2D eigenvalue weighted by Crippen LogP contribution is -2.44. The monoisotopic (exact) mass is 392 g/mol. The van der Waals surface area contributed by atoms with E-state index in [9.17, 15) is 9.59 Å². The van der Waals surface area contributed by atoms with Crippen LogP contribution in [0.2, 0.25) is 18.1 Å². The van der Waals surface area contributed by atoms with Gasteiger partial charge in [-0.2, -0.15) is 0 Å². The number of hydrogen-bond acceptors (Lipinski definition) is 5. The zero-order valence-corrected chi connectivity index (χ0v) is 18.3. The molecule has 0 saturated heterocycles. The minimum absolute atomic E-state index is 0.101. The number of nitrogens with two attached hydrogens (primary N) is 1. The Bertz CT molecular complexity index is 712. The third-order valence-corrected chi connectivity index (χ3v) is 10.1. The summed E-state index contributed by atoms with van der Waals surface area (Å²) in [5.74, 6) is 0.149. The third-order valence-electron chi connectivity index (χ3n) is 5.75. The molecular weight excluding hydrogens is 360 g/mol. The van der Waals surface area contributed by atoms with Crippen molar-refractivity contribution in [2.24, 2.45) is 5.73 Å². The highest BCUT2D eigenvalue weighted by Gasteiger charge is 2.40. The molecule has 150 valence electrons. The largest absolute Gasteiger partial charge is 0.543 e. The molecule has 0 radical (unpaired) electrons. The molecule has 1 aromatic carbocycles. The number of carbonyl (C=O) groups excluding carboxylic acids is 2. The molecule has 0 fully saturated rings. The van der Waals surface area contributed by atoms with Gasteiger partial charge in [0.25, 0.3) is 0 Å². The molecule has 0 saturated carbocycles. The van der Waals surface area contributed by atoms with Crippen molar-refractivity contribution < 1.29 is 18.8 Å². The summed E-state index contributed by atoms with van der Waals surface area (Å²) in [5.41, 5.74) is 7.88. The number of rotatable bonds is 7. The first-order chi connectivity index (χ1) is 12.5. The maximum atomic E-state index is 12.0. The van der Waals surface area contributed by atoms with Gasteiger partial charge >= 0.3 is 5.97 Å². The van der Waals surface area contributed by atoms with Crippen molar-refractivity contribution in [3.05, 3.63) is 29.3 Å². The first-order valence-electron chi connectivity index (χ1n) is 9.36. The Kier molecular flexibility index (Phi) is 6.37. The number of nitrogens with zero attached hydrogens (tertiary/aromatic N) is 1. The van der Waals surface area contributed by atoms with Gasteiger partial charge in [-0.3, -0.25) is 14.5 Å². The Hall–Kier alpha value is -1.86. The standard InChI is InChI=1S/C20H32N2O4Si/c1-20(2,3)27(5,6)26-17-9-7-8-14-12-22(13-15(14)17)16(19(21)24)10-11-18(23)25-4/h7-9,16H,10-13H2,1-6H3,(H2,21,24)/t16-/m0/s1. The number of hydrogen-bond donors (Lipinski definition) is 1. The molecular formula is C20H32N2O4Si. The van der Waals surface area contributed by atoms with E-state index in [0.717, 1.165) is 16.9 Å². The first-order valence-corrected chi connectivity index (χ1v) is 12.3. The zero-order valence-electron chi connectivity index (χ0n) is 17.3. The van der Waals surface area contributed by atoms with Crippen LogP contribution in [0.1, 0.15) is 44.7 Å². The van der Waals surface area contributed by atoms with E-state index < -0.39 is 20.3 Å². The van der Waals surface area contributed by atoms with Crippen molar-refractivity contribution in [1.29, 1.82) is 0 Å². The Morgan fingerprint density at radius 3 is 2.48 bits per heavy atom. The van der Waals surface area contributed by atoms with Gasteiger partial charge in [0.1, 0.15) is 5.75 Å². The second-order valence-corrected chi connectivity index (χ2v) is 13.4. The number of fused-ring (bicyclic) bond motifs is 1. The van der Waals surface area contributed by atoms with Crippen molar-refractivity contribution in [2.45, 2.75) is 70.9 Å². The highest BCUT2D eigenvalue weighted by molar-refractivity contribution is 6.74. The molecule has 2 rings (SSSR count). The van der Waals surface area contributed by atoms with Gasteiger partial charge in [-0.05, 0) is 36.2 Å². The fourth-order valence-corrected chi connectivity index (χ4v) is 4.07. The normalized spacial score (nSPS) is 15.9. The summed E-state index contributed by atoms with van der Waals surface area (Å²) in [4.78, 5) is 25.5. The quantitative estimate of drug-likeness (QED) is 0.569. The molecule has 1 aliphatic heterocycles. The van der Waals surface area contributed by atoms with Crippen LogP contribution in [0.5, 0.6) is 5.75 Å². The van der Waals surface area contributed by atoms with Gasteiger partial charge in [0, 0.05) is 25.1 Å². The fourth-order valence-electron chi connectivity index (χ4n) is 3.02. The van der Waals surface area contributed by atoms with Crippen molar-refractivity contribution in [1.82, 2.24) is 4.90 Å². The lowest BCUT2D eigenvalue weighted by atomic mass is 10.1. The number of primary amides is 1. The minimum Gasteiger partial charge on any atom is -0.543 e. The Morgan fingerprint density at radius 2 is 1.93 bits per heavy atom. The smallest absolute Gasteiger partial charge is 0.305 e. The predicted octanol–water partition coefficient (Wildman–Crippen LogP) is 3.19. The summed E-state index contributed by atoms with van der Waals surface area (Å²) in [6, 6.07) is 5.57. The number of ether oxygens (including phenoxy) is 1. The van der Waals surface area contributed by atoms with Gasteiger partial charge in [-0.25, -0.2) is 0 Å². The van der Waals surface area contributed by atoms with Crippen LogP contribution >= 0.6 is 0 Å². The number of methoxy groups -OCH3 is 1. The zero-order chi connectivity index (χ0) is 20.4. The van der Waals surface area contributed by atoms with E-state index in [1.54, 1.807) is 0 Å². The van der Waals surface area contributed by atoms with Crippen LogP contribution < -0.4 is 10.2 Å². The van der Waals surface area contributed by atoms with Crippen LogP contribution in [-0.4, -0.2) is 38.2 Å². The molecule has 1 amide bonds. The third kappa shape index (κ3) is 4.90. The average Bonchev–Trinajstić information content (AvgIpc) is 2.98. The van der Waals surface area contributed by atoms with Crippen LogP contribution in [0, 0.1) is 0 Å². The SMILES string of the molecule is COC(=O)CC[C@@H](C(N)=O)N1Cc2cccc(O[Si](C)(C)C(C)(C)C)c2C1. The van der Waals surface area contributed by atoms with Gasteiger partial charge < -0.3 is 14.9 Å². The molecule has 7 heteroatoms. The van der Waals surface area contributed by atoms with E-state index >= 15 is 0 Å². The molecule has 1 aromatic rings. The number of carbonyl (C=O) groups is 2. The van der Waals surface area contributed by atoms with Crippen molar-refractivity contribution in [2.75, 3.05) is 7.11 Å². The van der Waals surface area contributed by atoms with Crippen LogP contribution in [0.15, 0.2) is 18.2 Å². The predicted molar refractivity (Wildman–Crippen MR) is 108 cm³/mol. The van der Waals surface area contributed by atoms with E-state index in [4.69, 9.17) is 10.2 Å². The molecule has 0 spiro atoms. The summed E-state index contributed by atoms with van der Waals surface area (Å²) in [6.07, 6.45) is 0.526. The number of esters is 1. The molecule has 1 aliphatic rings. The average molecular weight is 393 g/mol. The highest BCUT2D eigenvalue weighted by Crippen LogP contribution is 2.40. The van der Waals surface area contributed by atoms with Gasteiger partial charge in [0.05, 0.1) is 13.2 Å². The molecule has 1 atom stereocenters.